The molecule has 1 unspecified atom stereocenters. The van der Waals surface area contributed by atoms with Crippen molar-refractivity contribution in [1.82, 2.24) is 0 Å². The molecule has 1 aromatic rings. The SMILES string of the molecule is Oc1cccc(C(O)I)c1. The molecule has 0 spiro atoms. The van der Waals surface area contributed by atoms with E-state index >= 15 is 0 Å². The topological polar surface area (TPSA) is 40.5 Å². The second-order valence-electron chi connectivity index (χ2n) is 1.93. The molecular formula is C7H7IO2. The third-order valence-corrected chi connectivity index (χ3v) is 1.86. The van der Waals surface area contributed by atoms with Gasteiger partial charge in [0.25, 0.3) is 0 Å². The lowest BCUT2D eigenvalue weighted by molar-refractivity contribution is 0.286. The molecule has 0 saturated heterocycles. The molecule has 3 heteroatoms. The molecule has 0 aromatic heterocycles. The first kappa shape index (κ1) is 7.81. The molecule has 0 radical (unpaired) electrons. The fourth-order valence-electron chi connectivity index (χ4n) is 0.673. The van der Waals surface area contributed by atoms with Crippen LogP contribution in [0, 0.1) is 0 Å². The summed E-state index contributed by atoms with van der Waals surface area (Å²) >= 11 is 1.87. The largest absolute Gasteiger partial charge is 0.508 e. The predicted octanol–water partition coefficient (Wildman–Crippen LogP) is 1.82. The van der Waals surface area contributed by atoms with Crippen molar-refractivity contribution < 1.29 is 10.2 Å². The van der Waals surface area contributed by atoms with Crippen LogP contribution in [0.2, 0.25) is 0 Å². The van der Waals surface area contributed by atoms with Gasteiger partial charge in [0, 0.05) is 0 Å². The van der Waals surface area contributed by atoms with E-state index in [0.717, 1.165) is 5.56 Å². The summed E-state index contributed by atoms with van der Waals surface area (Å²) in [6.07, 6.45) is 0. The number of aliphatic hydroxyl groups excluding tert-OH is 1. The summed E-state index contributed by atoms with van der Waals surface area (Å²) in [4.78, 5) is 0. The summed E-state index contributed by atoms with van der Waals surface area (Å²) in [7, 11) is 0. The average molecular weight is 250 g/mol. The smallest absolute Gasteiger partial charge is 0.130 e. The van der Waals surface area contributed by atoms with Gasteiger partial charge in [0.05, 0.1) is 0 Å². The number of halogens is 1. The Balaban J connectivity index is 2.96. The van der Waals surface area contributed by atoms with Gasteiger partial charge in [-0.1, -0.05) is 12.1 Å². The van der Waals surface area contributed by atoms with Gasteiger partial charge in [0.1, 0.15) is 9.86 Å². The molecule has 0 bridgehead atoms. The summed E-state index contributed by atoms with van der Waals surface area (Å²) in [5.41, 5.74) is 0.723. The van der Waals surface area contributed by atoms with Gasteiger partial charge >= 0.3 is 0 Å². The van der Waals surface area contributed by atoms with Crippen LogP contribution in [0.15, 0.2) is 24.3 Å². The molecule has 10 heavy (non-hydrogen) atoms. The molecule has 1 rings (SSSR count). The number of hydrogen-bond donors (Lipinski definition) is 2. The van der Waals surface area contributed by atoms with Crippen molar-refractivity contribution >= 4 is 22.6 Å². The summed E-state index contributed by atoms with van der Waals surface area (Å²) in [5, 5.41) is 18.0. The van der Waals surface area contributed by atoms with Crippen LogP contribution in [-0.2, 0) is 0 Å². The number of benzene rings is 1. The van der Waals surface area contributed by atoms with Gasteiger partial charge in [-0.25, -0.2) is 0 Å². The minimum absolute atomic E-state index is 0.188. The number of aromatic hydroxyl groups is 1. The molecule has 0 aliphatic heterocycles. The normalized spacial score (nSPS) is 13.0. The monoisotopic (exact) mass is 250 g/mol. The molecular weight excluding hydrogens is 243 g/mol. The van der Waals surface area contributed by atoms with Crippen LogP contribution in [0.4, 0.5) is 0 Å². The zero-order valence-electron chi connectivity index (χ0n) is 5.16. The third kappa shape index (κ3) is 1.85. The first-order valence-electron chi connectivity index (χ1n) is 2.81. The van der Waals surface area contributed by atoms with Crippen LogP contribution >= 0.6 is 22.6 Å². The summed E-state index contributed by atoms with van der Waals surface area (Å²) < 4.78 is -0.537. The lowest BCUT2D eigenvalue weighted by Crippen LogP contribution is -1.84. The minimum atomic E-state index is -0.537. The second kappa shape index (κ2) is 3.21. The zero-order chi connectivity index (χ0) is 7.56. The quantitative estimate of drug-likeness (QED) is 0.589. The van der Waals surface area contributed by atoms with Crippen molar-refractivity contribution in [1.29, 1.82) is 0 Å². The van der Waals surface area contributed by atoms with Gasteiger partial charge in [-0.15, -0.1) is 0 Å². The molecule has 0 heterocycles. The highest BCUT2D eigenvalue weighted by molar-refractivity contribution is 14.1. The predicted molar refractivity (Wildman–Crippen MR) is 47.1 cm³/mol. The molecule has 54 valence electrons. The zero-order valence-corrected chi connectivity index (χ0v) is 7.32. The fraction of sp³-hybridized carbons (Fsp3) is 0.143. The van der Waals surface area contributed by atoms with Crippen molar-refractivity contribution in [3.63, 3.8) is 0 Å². The second-order valence-corrected chi connectivity index (χ2v) is 3.11. The first-order chi connectivity index (χ1) is 4.70. The summed E-state index contributed by atoms with van der Waals surface area (Å²) in [5.74, 6) is 0.188. The number of aliphatic hydroxyl groups is 1. The van der Waals surface area contributed by atoms with Gasteiger partial charge in [0.2, 0.25) is 0 Å². The lowest BCUT2D eigenvalue weighted by Gasteiger charge is -2.01. The van der Waals surface area contributed by atoms with Gasteiger partial charge in [-0.05, 0) is 40.3 Å². The van der Waals surface area contributed by atoms with E-state index in [-0.39, 0.29) is 5.75 Å². The van der Waals surface area contributed by atoms with Gasteiger partial charge < -0.3 is 10.2 Å². The maximum absolute atomic E-state index is 9.02. The highest BCUT2D eigenvalue weighted by Crippen LogP contribution is 2.22. The molecule has 2 N–H and O–H groups in total. The Morgan fingerprint density at radius 3 is 2.50 bits per heavy atom. The molecule has 1 atom stereocenters. The highest BCUT2D eigenvalue weighted by Gasteiger charge is 2.00. The number of phenols is 1. The van der Waals surface area contributed by atoms with E-state index in [1.165, 1.54) is 6.07 Å². The van der Waals surface area contributed by atoms with E-state index in [4.69, 9.17) is 10.2 Å². The minimum Gasteiger partial charge on any atom is -0.508 e. The van der Waals surface area contributed by atoms with Gasteiger partial charge in [-0.2, -0.15) is 0 Å². The van der Waals surface area contributed by atoms with E-state index in [9.17, 15) is 0 Å². The number of hydrogen-bond acceptors (Lipinski definition) is 2. The molecule has 0 aliphatic rings. The van der Waals surface area contributed by atoms with Crippen LogP contribution in [0.1, 0.15) is 9.67 Å². The van der Waals surface area contributed by atoms with Crippen molar-refractivity contribution in [2.75, 3.05) is 0 Å². The van der Waals surface area contributed by atoms with Gasteiger partial charge in [-0.3, -0.25) is 0 Å². The maximum atomic E-state index is 9.02. The maximum Gasteiger partial charge on any atom is 0.130 e. The Bertz CT molecular complexity index is 223. The standard InChI is InChI=1S/C7H7IO2/c8-7(10)5-2-1-3-6(9)4-5/h1-4,7,9-10H. The Morgan fingerprint density at radius 1 is 1.40 bits per heavy atom. The summed E-state index contributed by atoms with van der Waals surface area (Å²) in [6, 6.07) is 6.57. The van der Waals surface area contributed by atoms with Crippen molar-refractivity contribution in [3.8, 4) is 5.75 Å². The van der Waals surface area contributed by atoms with Crippen molar-refractivity contribution in [2.45, 2.75) is 4.11 Å². The van der Waals surface area contributed by atoms with E-state index < -0.39 is 4.11 Å². The first-order valence-corrected chi connectivity index (χ1v) is 4.06. The van der Waals surface area contributed by atoms with Crippen LogP contribution in [0.25, 0.3) is 0 Å². The van der Waals surface area contributed by atoms with Crippen LogP contribution in [0.5, 0.6) is 5.75 Å². The van der Waals surface area contributed by atoms with Crippen LogP contribution in [0.3, 0.4) is 0 Å². The lowest BCUT2D eigenvalue weighted by atomic mass is 10.2. The highest BCUT2D eigenvalue weighted by atomic mass is 127. The van der Waals surface area contributed by atoms with Crippen LogP contribution in [-0.4, -0.2) is 10.2 Å². The van der Waals surface area contributed by atoms with E-state index in [1.807, 2.05) is 22.6 Å². The van der Waals surface area contributed by atoms with E-state index in [0.29, 0.717) is 0 Å². The average Bonchev–Trinajstić information content (AvgIpc) is 1.88. The Hall–Kier alpha value is -0.290. The van der Waals surface area contributed by atoms with Crippen LogP contribution < -0.4 is 0 Å². The number of rotatable bonds is 1. The molecule has 0 amide bonds. The van der Waals surface area contributed by atoms with E-state index in [1.54, 1.807) is 18.2 Å². The third-order valence-electron chi connectivity index (χ3n) is 1.15. The van der Waals surface area contributed by atoms with E-state index in [2.05, 4.69) is 0 Å². The fourth-order valence-corrected chi connectivity index (χ4v) is 1.06. The molecule has 0 aliphatic carbocycles. The van der Waals surface area contributed by atoms with Gasteiger partial charge in [0.15, 0.2) is 0 Å². The Kier molecular flexibility index (Phi) is 2.50. The molecule has 1 aromatic carbocycles. The van der Waals surface area contributed by atoms with Crippen molar-refractivity contribution in [2.24, 2.45) is 0 Å². The number of phenolic OH excluding ortho intramolecular Hbond substituents is 1. The number of alkyl halides is 1. The summed E-state index contributed by atoms with van der Waals surface area (Å²) in [6.45, 7) is 0. The molecule has 0 saturated carbocycles. The molecule has 2 nitrogen and oxygen atoms in total. The Morgan fingerprint density at radius 2 is 2.10 bits per heavy atom. The van der Waals surface area contributed by atoms with Crippen molar-refractivity contribution in [3.05, 3.63) is 29.8 Å². The molecule has 0 fully saturated rings. The Labute approximate surface area is 72.6 Å².